The molecule has 24 heavy (non-hydrogen) atoms. The average molecular weight is 345 g/mol. The van der Waals surface area contributed by atoms with Gasteiger partial charge in [-0.25, -0.2) is 4.98 Å². The number of nitro benzene ring substituents is 1. The highest BCUT2D eigenvalue weighted by Gasteiger charge is 2.13. The van der Waals surface area contributed by atoms with Crippen molar-refractivity contribution in [2.24, 2.45) is 0 Å². The lowest BCUT2D eigenvalue weighted by Crippen LogP contribution is -2.17. The molecule has 8 nitrogen and oxygen atoms in total. The van der Waals surface area contributed by atoms with Crippen LogP contribution in [0.1, 0.15) is 16.6 Å². The number of aryl methyl sites for hydroxylation is 1. The molecule has 0 aliphatic heterocycles. The van der Waals surface area contributed by atoms with E-state index in [0.29, 0.717) is 30.4 Å². The van der Waals surface area contributed by atoms with E-state index in [1.54, 1.807) is 23.5 Å². The molecule has 0 atom stereocenters. The second kappa shape index (κ2) is 6.85. The van der Waals surface area contributed by atoms with Crippen molar-refractivity contribution in [3.8, 4) is 11.5 Å². The molecule has 0 N–H and O–H groups in total. The van der Waals surface area contributed by atoms with Crippen LogP contribution in [0.15, 0.2) is 34.1 Å². The van der Waals surface area contributed by atoms with E-state index < -0.39 is 4.92 Å². The van der Waals surface area contributed by atoms with Gasteiger partial charge < -0.3 is 4.42 Å². The summed E-state index contributed by atoms with van der Waals surface area (Å²) in [5.74, 6) is 0.829. The highest BCUT2D eigenvalue weighted by molar-refractivity contribution is 7.09. The molecule has 0 bridgehead atoms. The molecule has 124 valence electrons. The molecule has 0 radical (unpaired) electrons. The van der Waals surface area contributed by atoms with Crippen LogP contribution >= 0.6 is 11.3 Å². The zero-order chi connectivity index (χ0) is 17.1. The highest BCUT2D eigenvalue weighted by Crippen LogP contribution is 2.21. The van der Waals surface area contributed by atoms with Gasteiger partial charge in [0.05, 0.1) is 22.2 Å². The van der Waals surface area contributed by atoms with Crippen LogP contribution < -0.4 is 0 Å². The summed E-state index contributed by atoms with van der Waals surface area (Å²) in [4.78, 5) is 16.7. The van der Waals surface area contributed by atoms with Gasteiger partial charge in [-0.05, 0) is 26.1 Å². The number of nitro groups is 1. The van der Waals surface area contributed by atoms with Crippen molar-refractivity contribution < 1.29 is 9.34 Å². The summed E-state index contributed by atoms with van der Waals surface area (Å²) >= 11 is 1.62. The maximum Gasteiger partial charge on any atom is 0.269 e. The molecule has 0 unspecified atom stereocenters. The van der Waals surface area contributed by atoms with Crippen LogP contribution in [0.4, 0.5) is 5.69 Å². The Hall–Kier alpha value is -2.65. The normalized spacial score (nSPS) is 11.1. The highest BCUT2D eigenvalue weighted by atomic mass is 32.1. The average Bonchev–Trinajstić information content (AvgIpc) is 3.16. The van der Waals surface area contributed by atoms with E-state index in [-0.39, 0.29) is 5.69 Å². The van der Waals surface area contributed by atoms with E-state index in [1.165, 1.54) is 12.1 Å². The Balaban J connectivity index is 1.65. The predicted octanol–water partition coefficient (Wildman–Crippen LogP) is 3.04. The summed E-state index contributed by atoms with van der Waals surface area (Å²) in [5, 5.41) is 21.8. The van der Waals surface area contributed by atoms with E-state index in [4.69, 9.17) is 4.42 Å². The summed E-state index contributed by atoms with van der Waals surface area (Å²) in [6.45, 7) is 3.17. The molecular weight excluding hydrogens is 330 g/mol. The zero-order valence-electron chi connectivity index (χ0n) is 13.2. The SMILES string of the molecule is Cc1nc(CN(C)Cc2nnc(-c3ccc([N+](=O)[O-])cc3)o2)cs1. The third-order valence-corrected chi connectivity index (χ3v) is 4.12. The van der Waals surface area contributed by atoms with Gasteiger partial charge >= 0.3 is 0 Å². The largest absolute Gasteiger partial charge is 0.419 e. The molecule has 3 aromatic rings. The number of benzene rings is 1. The lowest BCUT2D eigenvalue weighted by Gasteiger charge is -2.11. The first-order chi connectivity index (χ1) is 11.5. The van der Waals surface area contributed by atoms with Crippen LogP contribution in [0.3, 0.4) is 0 Å². The van der Waals surface area contributed by atoms with Gasteiger partial charge in [0, 0.05) is 29.6 Å². The number of nitrogens with zero attached hydrogens (tertiary/aromatic N) is 5. The fraction of sp³-hybridized carbons (Fsp3) is 0.267. The Kier molecular flexibility index (Phi) is 4.63. The Bertz CT molecular complexity index is 843. The van der Waals surface area contributed by atoms with E-state index in [0.717, 1.165) is 10.7 Å². The Labute approximate surface area is 141 Å². The van der Waals surface area contributed by atoms with Crippen LogP contribution in [0, 0.1) is 17.0 Å². The van der Waals surface area contributed by atoms with Gasteiger partial charge in [-0.1, -0.05) is 0 Å². The second-order valence-electron chi connectivity index (χ2n) is 5.34. The number of hydrogen-bond acceptors (Lipinski definition) is 8. The Morgan fingerprint density at radius 1 is 1.25 bits per heavy atom. The number of non-ortho nitro benzene ring substituents is 1. The lowest BCUT2D eigenvalue weighted by molar-refractivity contribution is -0.384. The first-order valence-corrected chi connectivity index (χ1v) is 8.06. The molecule has 0 saturated carbocycles. The van der Waals surface area contributed by atoms with Crippen molar-refractivity contribution in [1.82, 2.24) is 20.1 Å². The Morgan fingerprint density at radius 2 is 2.00 bits per heavy atom. The molecule has 0 aliphatic carbocycles. The monoisotopic (exact) mass is 345 g/mol. The molecule has 0 amide bonds. The van der Waals surface area contributed by atoms with Crippen LogP contribution in [-0.2, 0) is 13.1 Å². The third-order valence-electron chi connectivity index (χ3n) is 3.30. The van der Waals surface area contributed by atoms with Crippen LogP contribution in [0.25, 0.3) is 11.5 Å². The first kappa shape index (κ1) is 16.2. The van der Waals surface area contributed by atoms with Gasteiger partial charge in [-0.15, -0.1) is 21.5 Å². The van der Waals surface area contributed by atoms with E-state index in [2.05, 4.69) is 15.2 Å². The van der Waals surface area contributed by atoms with Gasteiger partial charge in [0.1, 0.15) is 0 Å². The first-order valence-electron chi connectivity index (χ1n) is 7.18. The maximum atomic E-state index is 10.7. The van der Waals surface area contributed by atoms with Crippen molar-refractivity contribution in [2.45, 2.75) is 20.0 Å². The summed E-state index contributed by atoms with van der Waals surface area (Å²) in [6, 6.07) is 6.01. The fourth-order valence-corrected chi connectivity index (χ4v) is 2.81. The van der Waals surface area contributed by atoms with Crippen molar-refractivity contribution >= 4 is 17.0 Å². The molecule has 2 aromatic heterocycles. The van der Waals surface area contributed by atoms with Gasteiger partial charge in [0.25, 0.3) is 5.69 Å². The minimum absolute atomic E-state index is 0.0248. The van der Waals surface area contributed by atoms with Crippen LogP contribution in [0.5, 0.6) is 0 Å². The maximum absolute atomic E-state index is 10.7. The molecule has 2 heterocycles. The molecule has 1 aromatic carbocycles. The summed E-state index contributed by atoms with van der Waals surface area (Å²) in [5.41, 5.74) is 1.68. The fourth-order valence-electron chi connectivity index (χ4n) is 2.20. The minimum Gasteiger partial charge on any atom is -0.419 e. The third kappa shape index (κ3) is 3.81. The quantitative estimate of drug-likeness (QED) is 0.500. The number of thiazole rings is 1. The smallest absolute Gasteiger partial charge is 0.269 e. The molecular formula is C15H15N5O3S. The van der Waals surface area contributed by atoms with Crippen molar-refractivity contribution in [3.63, 3.8) is 0 Å². The molecule has 9 heteroatoms. The topological polar surface area (TPSA) is 98.2 Å². The van der Waals surface area contributed by atoms with Crippen molar-refractivity contribution in [2.75, 3.05) is 7.05 Å². The van der Waals surface area contributed by atoms with Gasteiger partial charge in [-0.3, -0.25) is 15.0 Å². The minimum atomic E-state index is -0.446. The van der Waals surface area contributed by atoms with Gasteiger partial charge in [0.15, 0.2) is 0 Å². The van der Waals surface area contributed by atoms with Gasteiger partial charge in [0.2, 0.25) is 11.8 Å². The summed E-state index contributed by atoms with van der Waals surface area (Å²) < 4.78 is 5.63. The Morgan fingerprint density at radius 3 is 2.62 bits per heavy atom. The summed E-state index contributed by atoms with van der Waals surface area (Å²) in [7, 11) is 1.95. The van der Waals surface area contributed by atoms with Crippen molar-refractivity contribution in [3.05, 3.63) is 56.4 Å². The number of hydrogen-bond donors (Lipinski definition) is 0. The molecule has 0 aliphatic rings. The zero-order valence-corrected chi connectivity index (χ0v) is 14.0. The number of rotatable bonds is 6. The van der Waals surface area contributed by atoms with Crippen LogP contribution in [0.2, 0.25) is 0 Å². The summed E-state index contributed by atoms with van der Waals surface area (Å²) in [6.07, 6.45) is 0. The molecule has 0 spiro atoms. The van der Waals surface area contributed by atoms with Crippen molar-refractivity contribution in [1.29, 1.82) is 0 Å². The number of aromatic nitrogens is 3. The molecule has 0 saturated heterocycles. The molecule has 0 fully saturated rings. The second-order valence-corrected chi connectivity index (χ2v) is 6.40. The predicted molar refractivity (Wildman–Crippen MR) is 88.4 cm³/mol. The van der Waals surface area contributed by atoms with Gasteiger partial charge in [-0.2, -0.15) is 0 Å². The van der Waals surface area contributed by atoms with Crippen LogP contribution in [-0.4, -0.2) is 32.1 Å². The molecule has 3 rings (SSSR count). The van der Waals surface area contributed by atoms with E-state index >= 15 is 0 Å². The standard InChI is InChI=1S/C15H15N5O3S/c1-10-16-12(9-24-10)7-19(2)8-14-17-18-15(23-14)11-3-5-13(6-4-11)20(21)22/h3-6,9H,7-8H2,1-2H3. The lowest BCUT2D eigenvalue weighted by atomic mass is 10.2. The van der Waals surface area contributed by atoms with E-state index in [1.807, 2.05) is 24.3 Å². The van der Waals surface area contributed by atoms with E-state index in [9.17, 15) is 10.1 Å².